The van der Waals surface area contributed by atoms with Crippen LogP contribution in [0.2, 0.25) is 0 Å². The largest absolute Gasteiger partial charge is 0.497 e. The van der Waals surface area contributed by atoms with Gasteiger partial charge in [-0.15, -0.1) is 0 Å². The molecule has 0 saturated heterocycles. The molecule has 0 amide bonds. The van der Waals surface area contributed by atoms with Gasteiger partial charge in [0.2, 0.25) is 0 Å². The van der Waals surface area contributed by atoms with Crippen LogP contribution in [0.15, 0.2) is 35.4 Å². The first-order valence-electron chi connectivity index (χ1n) is 5.83. The van der Waals surface area contributed by atoms with Crippen molar-refractivity contribution >= 4 is 5.78 Å². The van der Waals surface area contributed by atoms with E-state index in [9.17, 15) is 4.79 Å². The highest BCUT2D eigenvalue weighted by atomic mass is 16.5. The van der Waals surface area contributed by atoms with Crippen LogP contribution in [0.25, 0.3) is 0 Å². The highest BCUT2D eigenvalue weighted by Gasteiger charge is 2.17. The van der Waals surface area contributed by atoms with E-state index < -0.39 is 0 Å². The van der Waals surface area contributed by atoms with Crippen molar-refractivity contribution in [2.45, 2.75) is 27.7 Å². The summed E-state index contributed by atoms with van der Waals surface area (Å²) in [6.45, 7) is 8.04. The van der Waals surface area contributed by atoms with Crippen LogP contribution in [0, 0.1) is 5.92 Å². The molecule has 17 heavy (non-hydrogen) atoms. The van der Waals surface area contributed by atoms with Gasteiger partial charge in [-0.3, -0.25) is 4.79 Å². The normalized spacial score (nSPS) is 10.2. The van der Waals surface area contributed by atoms with E-state index in [1.165, 1.54) is 0 Å². The fraction of sp³-hybridized carbons (Fsp3) is 0.400. The molecular weight excluding hydrogens is 212 g/mol. The molecule has 0 aliphatic carbocycles. The Morgan fingerprint density at radius 3 is 2.35 bits per heavy atom. The Hall–Kier alpha value is -1.57. The van der Waals surface area contributed by atoms with Gasteiger partial charge in [0, 0.05) is 11.1 Å². The van der Waals surface area contributed by atoms with Crippen molar-refractivity contribution in [1.29, 1.82) is 0 Å². The number of allylic oxidation sites excluding steroid dienone is 2. The van der Waals surface area contributed by atoms with E-state index in [4.69, 9.17) is 4.74 Å². The molecule has 0 aromatic heterocycles. The lowest BCUT2D eigenvalue weighted by atomic mass is 9.91. The molecule has 0 aliphatic rings. The van der Waals surface area contributed by atoms with E-state index in [-0.39, 0.29) is 11.7 Å². The first-order chi connectivity index (χ1) is 7.97. The number of methoxy groups -OCH3 is 1. The topological polar surface area (TPSA) is 26.3 Å². The van der Waals surface area contributed by atoms with Gasteiger partial charge in [0.15, 0.2) is 5.78 Å². The monoisotopic (exact) mass is 232 g/mol. The van der Waals surface area contributed by atoms with E-state index >= 15 is 0 Å². The van der Waals surface area contributed by atoms with Gasteiger partial charge in [-0.25, -0.2) is 0 Å². The number of ether oxygens (including phenoxy) is 1. The Labute approximate surface area is 103 Å². The molecule has 0 heterocycles. The van der Waals surface area contributed by atoms with Crippen molar-refractivity contribution in [3.05, 3.63) is 41.0 Å². The highest BCUT2D eigenvalue weighted by molar-refractivity contribution is 6.09. The number of rotatable bonds is 4. The summed E-state index contributed by atoms with van der Waals surface area (Å²) in [5, 5.41) is 0. The molecule has 2 heteroatoms. The van der Waals surface area contributed by atoms with Crippen molar-refractivity contribution in [2.24, 2.45) is 5.92 Å². The summed E-state index contributed by atoms with van der Waals surface area (Å²) in [6.07, 6.45) is 0. The average molecular weight is 232 g/mol. The van der Waals surface area contributed by atoms with Gasteiger partial charge in [-0.05, 0) is 31.9 Å². The second-order valence-corrected chi connectivity index (χ2v) is 4.63. The molecule has 0 spiro atoms. The fourth-order valence-corrected chi connectivity index (χ4v) is 1.99. The van der Waals surface area contributed by atoms with E-state index in [0.717, 1.165) is 11.1 Å². The molecule has 1 aromatic carbocycles. The molecule has 0 unspecified atom stereocenters. The number of hydrogen-bond donors (Lipinski definition) is 0. The predicted octanol–water partition coefficient (Wildman–Crippen LogP) is 3.87. The zero-order valence-corrected chi connectivity index (χ0v) is 11.2. The third-order valence-electron chi connectivity index (χ3n) is 2.69. The summed E-state index contributed by atoms with van der Waals surface area (Å²) in [5.74, 6) is 1.05. The fourth-order valence-electron chi connectivity index (χ4n) is 1.99. The smallest absolute Gasteiger partial charge is 0.189 e. The zero-order valence-electron chi connectivity index (χ0n) is 11.2. The number of hydrogen-bond acceptors (Lipinski definition) is 2. The Kier molecular flexibility index (Phi) is 4.50. The summed E-state index contributed by atoms with van der Waals surface area (Å²) in [6, 6.07) is 7.30. The van der Waals surface area contributed by atoms with E-state index in [2.05, 4.69) is 0 Å². The van der Waals surface area contributed by atoms with Gasteiger partial charge in [0.1, 0.15) is 5.75 Å². The maximum absolute atomic E-state index is 12.4. The maximum atomic E-state index is 12.4. The number of Topliss-reactive ketones (excluding diaryl/α,β-unsaturated/α-hetero) is 1. The Morgan fingerprint density at radius 1 is 1.24 bits per heavy atom. The standard InChI is InChI=1S/C15H20O2/c1-10(2)14(11(3)4)15(16)12-7-6-8-13(9-12)17-5/h6-10H,1-5H3. The lowest BCUT2D eigenvalue weighted by Gasteiger charge is -2.13. The number of benzene rings is 1. The Morgan fingerprint density at radius 2 is 1.88 bits per heavy atom. The molecule has 92 valence electrons. The van der Waals surface area contributed by atoms with E-state index in [1.54, 1.807) is 13.2 Å². The molecule has 2 nitrogen and oxygen atoms in total. The van der Waals surface area contributed by atoms with Gasteiger partial charge in [-0.1, -0.05) is 31.6 Å². The Balaban J connectivity index is 3.15. The average Bonchev–Trinajstić information content (AvgIpc) is 2.28. The summed E-state index contributed by atoms with van der Waals surface area (Å²) in [5.41, 5.74) is 2.65. The third kappa shape index (κ3) is 3.19. The quantitative estimate of drug-likeness (QED) is 0.582. The molecule has 0 fully saturated rings. The highest BCUT2D eigenvalue weighted by Crippen LogP contribution is 2.22. The van der Waals surface area contributed by atoms with E-state index in [1.807, 2.05) is 45.9 Å². The molecule has 0 radical (unpaired) electrons. The SMILES string of the molecule is COc1cccc(C(=O)C(=C(C)C)C(C)C)c1. The number of carbonyl (C=O) groups is 1. The summed E-state index contributed by atoms with van der Waals surface area (Å²) < 4.78 is 5.14. The van der Waals surface area contributed by atoms with Crippen LogP contribution >= 0.6 is 0 Å². The van der Waals surface area contributed by atoms with Crippen LogP contribution in [-0.2, 0) is 0 Å². The van der Waals surface area contributed by atoms with Crippen molar-refractivity contribution in [2.75, 3.05) is 7.11 Å². The first-order valence-corrected chi connectivity index (χ1v) is 5.83. The van der Waals surface area contributed by atoms with Crippen LogP contribution in [0.1, 0.15) is 38.1 Å². The maximum Gasteiger partial charge on any atom is 0.189 e. The van der Waals surface area contributed by atoms with Crippen LogP contribution in [0.5, 0.6) is 5.75 Å². The minimum atomic E-state index is 0.0962. The zero-order chi connectivity index (χ0) is 13.0. The summed E-state index contributed by atoms with van der Waals surface area (Å²) >= 11 is 0. The third-order valence-corrected chi connectivity index (χ3v) is 2.69. The van der Waals surface area contributed by atoms with Gasteiger partial charge < -0.3 is 4.74 Å². The van der Waals surface area contributed by atoms with Crippen LogP contribution in [0.3, 0.4) is 0 Å². The van der Waals surface area contributed by atoms with Crippen LogP contribution in [-0.4, -0.2) is 12.9 Å². The van der Waals surface area contributed by atoms with Gasteiger partial charge in [0.05, 0.1) is 7.11 Å². The molecule has 0 saturated carbocycles. The predicted molar refractivity (Wildman–Crippen MR) is 70.5 cm³/mol. The van der Waals surface area contributed by atoms with Gasteiger partial charge >= 0.3 is 0 Å². The van der Waals surface area contributed by atoms with Gasteiger partial charge in [0.25, 0.3) is 0 Å². The second kappa shape index (κ2) is 5.67. The van der Waals surface area contributed by atoms with Gasteiger partial charge in [-0.2, -0.15) is 0 Å². The molecular formula is C15H20O2. The van der Waals surface area contributed by atoms with Crippen molar-refractivity contribution < 1.29 is 9.53 Å². The Bertz CT molecular complexity index is 438. The minimum absolute atomic E-state index is 0.0962. The molecule has 0 aliphatic heterocycles. The lowest BCUT2D eigenvalue weighted by molar-refractivity contribution is 0.102. The molecule has 1 rings (SSSR count). The number of ketones is 1. The molecule has 0 bridgehead atoms. The first kappa shape index (κ1) is 13.5. The van der Waals surface area contributed by atoms with Crippen molar-refractivity contribution in [1.82, 2.24) is 0 Å². The van der Waals surface area contributed by atoms with Crippen LogP contribution in [0.4, 0.5) is 0 Å². The van der Waals surface area contributed by atoms with Crippen molar-refractivity contribution in [3.63, 3.8) is 0 Å². The second-order valence-electron chi connectivity index (χ2n) is 4.63. The molecule has 1 aromatic rings. The minimum Gasteiger partial charge on any atom is -0.497 e. The number of carbonyl (C=O) groups excluding carboxylic acids is 1. The molecule has 0 atom stereocenters. The lowest BCUT2D eigenvalue weighted by Crippen LogP contribution is -2.10. The molecule has 0 N–H and O–H groups in total. The van der Waals surface area contributed by atoms with Crippen LogP contribution < -0.4 is 4.74 Å². The van der Waals surface area contributed by atoms with E-state index in [0.29, 0.717) is 11.3 Å². The van der Waals surface area contributed by atoms with Crippen molar-refractivity contribution in [3.8, 4) is 5.75 Å². The summed E-state index contributed by atoms with van der Waals surface area (Å²) in [7, 11) is 1.61. The summed E-state index contributed by atoms with van der Waals surface area (Å²) in [4.78, 5) is 12.4.